The number of aromatic nitrogens is 5. The Morgan fingerprint density at radius 3 is 2.75 bits per heavy atom. The van der Waals surface area contributed by atoms with E-state index in [1.54, 1.807) is 32.9 Å². The van der Waals surface area contributed by atoms with Gasteiger partial charge in [-0.2, -0.15) is 0 Å². The number of anilines is 1. The number of methoxy groups -OCH3 is 2. The molecule has 8 nitrogen and oxygen atoms in total. The molecule has 144 valence electrons. The van der Waals surface area contributed by atoms with Crippen LogP contribution in [0.2, 0.25) is 0 Å². The molecule has 0 amide bonds. The third-order valence-electron chi connectivity index (χ3n) is 4.64. The van der Waals surface area contributed by atoms with Gasteiger partial charge in [0.1, 0.15) is 17.2 Å². The Hall–Kier alpha value is -3.55. The van der Waals surface area contributed by atoms with Crippen LogP contribution in [0.4, 0.5) is 5.82 Å². The molecular formula is C20H22N6O2. The van der Waals surface area contributed by atoms with Gasteiger partial charge in [0, 0.05) is 24.6 Å². The molecule has 4 aromatic rings. The van der Waals surface area contributed by atoms with Crippen LogP contribution in [0.15, 0.2) is 43.1 Å². The molecule has 0 spiro atoms. The molecule has 3 aromatic heterocycles. The summed E-state index contributed by atoms with van der Waals surface area (Å²) in [5, 5.41) is 3.51. The van der Waals surface area contributed by atoms with Gasteiger partial charge in [-0.1, -0.05) is 6.07 Å². The largest absolute Gasteiger partial charge is 0.493 e. The van der Waals surface area contributed by atoms with Gasteiger partial charge in [-0.15, -0.1) is 0 Å². The standard InChI is InChI=1S/C20H22N6O2/c1-13-18(24-12-23-13)19-20(26-9-8-21-11-17(26)25-19)22-7-6-14-4-5-15(27-2)16(10-14)28-3/h4-5,8-12,22H,6-7H2,1-3H3,(H,23,24). The second kappa shape index (κ2) is 7.59. The average Bonchev–Trinajstić information content (AvgIpc) is 3.31. The molecule has 0 atom stereocenters. The van der Waals surface area contributed by atoms with E-state index in [0.29, 0.717) is 0 Å². The fourth-order valence-corrected chi connectivity index (χ4v) is 3.20. The zero-order valence-corrected chi connectivity index (χ0v) is 16.1. The van der Waals surface area contributed by atoms with Gasteiger partial charge in [0.05, 0.1) is 26.7 Å². The van der Waals surface area contributed by atoms with Gasteiger partial charge in [0.15, 0.2) is 17.1 Å². The molecular weight excluding hydrogens is 356 g/mol. The summed E-state index contributed by atoms with van der Waals surface area (Å²) in [6.07, 6.45) is 7.88. The van der Waals surface area contributed by atoms with Crippen LogP contribution in [-0.4, -0.2) is 45.1 Å². The number of hydrogen-bond acceptors (Lipinski definition) is 6. The van der Waals surface area contributed by atoms with Crippen LogP contribution in [-0.2, 0) is 6.42 Å². The molecule has 0 saturated heterocycles. The number of hydrogen-bond donors (Lipinski definition) is 2. The minimum absolute atomic E-state index is 0.724. The molecule has 0 aliphatic carbocycles. The van der Waals surface area contributed by atoms with E-state index in [4.69, 9.17) is 14.5 Å². The number of aromatic amines is 1. The Balaban J connectivity index is 1.59. The summed E-state index contributed by atoms with van der Waals surface area (Å²) < 4.78 is 12.7. The van der Waals surface area contributed by atoms with Crippen molar-refractivity contribution in [1.82, 2.24) is 24.3 Å². The molecule has 0 fully saturated rings. The summed E-state index contributed by atoms with van der Waals surface area (Å²) in [5.41, 5.74) is 4.53. The van der Waals surface area contributed by atoms with Crippen molar-refractivity contribution in [3.63, 3.8) is 0 Å². The van der Waals surface area contributed by atoms with E-state index >= 15 is 0 Å². The highest BCUT2D eigenvalue weighted by Gasteiger charge is 2.17. The molecule has 0 unspecified atom stereocenters. The van der Waals surface area contributed by atoms with Crippen molar-refractivity contribution in [2.75, 3.05) is 26.1 Å². The van der Waals surface area contributed by atoms with E-state index in [-0.39, 0.29) is 0 Å². The highest BCUT2D eigenvalue weighted by molar-refractivity contribution is 5.75. The monoisotopic (exact) mass is 378 g/mol. The molecule has 0 aliphatic rings. The van der Waals surface area contributed by atoms with Gasteiger partial charge in [-0.25, -0.2) is 9.97 Å². The fourth-order valence-electron chi connectivity index (χ4n) is 3.20. The molecule has 3 heterocycles. The molecule has 0 aliphatic heterocycles. The Kier molecular flexibility index (Phi) is 4.84. The number of benzene rings is 1. The first-order valence-electron chi connectivity index (χ1n) is 8.98. The number of H-pyrrole nitrogens is 1. The topological polar surface area (TPSA) is 89.4 Å². The number of fused-ring (bicyclic) bond motifs is 1. The minimum Gasteiger partial charge on any atom is -0.493 e. The van der Waals surface area contributed by atoms with Crippen LogP contribution in [0.25, 0.3) is 17.0 Å². The van der Waals surface area contributed by atoms with E-state index in [2.05, 4.69) is 20.3 Å². The predicted octanol–water partition coefficient (Wildman–Crippen LogP) is 3.10. The highest BCUT2D eigenvalue weighted by atomic mass is 16.5. The van der Waals surface area contributed by atoms with Gasteiger partial charge < -0.3 is 19.8 Å². The van der Waals surface area contributed by atoms with E-state index in [0.717, 1.165) is 58.6 Å². The van der Waals surface area contributed by atoms with Crippen molar-refractivity contribution in [2.45, 2.75) is 13.3 Å². The molecule has 0 radical (unpaired) electrons. The lowest BCUT2D eigenvalue weighted by atomic mass is 10.1. The van der Waals surface area contributed by atoms with Crippen molar-refractivity contribution in [3.8, 4) is 22.9 Å². The Morgan fingerprint density at radius 1 is 1.14 bits per heavy atom. The first kappa shape index (κ1) is 17.8. The molecule has 0 bridgehead atoms. The first-order valence-corrected chi connectivity index (χ1v) is 8.98. The number of nitrogens with one attached hydrogen (secondary N) is 2. The van der Waals surface area contributed by atoms with Crippen molar-refractivity contribution >= 4 is 11.5 Å². The van der Waals surface area contributed by atoms with Crippen LogP contribution in [0, 0.1) is 6.92 Å². The van der Waals surface area contributed by atoms with E-state index in [1.165, 1.54) is 0 Å². The van der Waals surface area contributed by atoms with Crippen LogP contribution < -0.4 is 14.8 Å². The zero-order chi connectivity index (χ0) is 19.5. The van der Waals surface area contributed by atoms with E-state index < -0.39 is 0 Å². The summed E-state index contributed by atoms with van der Waals surface area (Å²) in [6, 6.07) is 5.96. The zero-order valence-electron chi connectivity index (χ0n) is 16.1. The maximum absolute atomic E-state index is 5.39. The maximum Gasteiger partial charge on any atom is 0.160 e. The molecule has 4 rings (SSSR count). The van der Waals surface area contributed by atoms with Crippen LogP contribution in [0.5, 0.6) is 11.5 Å². The van der Waals surface area contributed by atoms with Gasteiger partial charge >= 0.3 is 0 Å². The van der Waals surface area contributed by atoms with E-state index in [9.17, 15) is 0 Å². The lowest BCUT2D eigenvalue weighted by Gasteiger charge is -2.11. The van der Waals surface area contributed by atoms with Crippen LogP contribution >= 0.6 is 0 Å². The third kappa shape index (κ3) is 3.24. The minimum atomic E-state index is 0.724. The molecule has 0 saturated carbocycles. The van der Waals surface area contributed by atoms with Gasteiger partial charge in [-0.3, -0.25) is 9.38 Å². The molecule has 8 heteroatoms. The SMILES string of the molecule is COc1ccc(CCNc2c(-c3nc[nH]c3C)nc3cnccn23)cc1OC. The Bertz CT molecular complexity index is 1100. The lowest BCUT2D eigenvalue weighted by Crippen LogP contribution is -2.08. The highest BCUT2D eigenvalue weighted by Crippen LogP contribution is 2.30. The second-order valence-corrected chi connectivity index (χ2v) is 6.36. The van der Waals surface area contributed by atoms with Crippen LogP contribution in [0.3, 0.4) is 0 Å². The molecule has 1 aromatic carbocycles. The number of imidazole rings is 2. The fraction of sp³-hybridized carbons (Fsp3) is 0.250. The van der Waals surface area contributed by atoms with Gasteiger partial charge in [0.25, 0.3) is 0 Å². The number of aryl methyl sites for hydroxylation is 1. The molecule has 28 heavy (non-hydrogen) atoms. The number of nitrogens with zero attached hydrogens (tertiary/aromatic N) is 4. The van der Waals surface area contributed by atoms with Crippen LogP contribution in [0.1, 0.15) is 11.3 Å². The maximum atomic E-state index is 5.39. The van der Waals surface area contributed by atoms with Gasteiger partial charge in [-0.05, 0) is 31.0 Å². The second-order valence-electron chi connectivity index (χ2n) is 6.36. The number of ether oxygens (including phenoxy) is 2. The Morgan fingerprint density at radius 2 is 2.00 bits per heavy atom. The van der Waals surface area contributed by atoms with Crippen molar-refractivity contribution < 1.29 is 9.47 Å². The van der Waals surface area contributed by atoms with Crippen molar-refractivity contribution in [1.29, 1.82) is 0 Å². The third-order valence-corrected chi connectivity index (χ3v) is 4.64. The average molecular weight is 378 g/mol. The van der Waals surface area contributed by atoms with Gasteiger partial charge in [0.2, 0.25) is 0 Å². The lowest BCUT2D eigenvalue weighted by molar-refractivity contribution is 0.354. The molecule has 2 N–H and O–H groups in total. The number of rotatable bonds is 7. The summed E-state index contributed by atoms with van der Waals surface area (Å²) in [6.45, 7) is 2.71. The normalized spacial score (nSPS) is 11.0. The summed E-state index contributed by atoms with van der Waals surface area (Å²) >= 11 is 0. The smallest absolute Gasteiger partial charge is 0.160 e. The van der Waals surface area contributed by atoms with Crippen molar-refractivity contribution in [3.05, 3.63) is 54.4 Å². The first-order chi connectivity index (χ1) is 13.7. The Labute approximate surface area is 162 Å². The van der Waals surface area contributed by atoms with E-state index in [1.807, 2.05) is 35.7 Å². The summed E-state index contributed by atoms with van der Waals surface area (Å²) in [4.78, 5) is 16.4. The predicted molar refractivity (Wildman–Crippen MR) is 107 cm³/mol. The summed E-state index contributed by atoms with van der Waals surface area (Å²) in [7, 11) is 3.28. The quantitative estimate of drug-likeness (QED) is 0.514. The van der Waals surface area contributed by atoms with Crippen molar-refractivity contribution in [2.24, 2.45) is 0 Å². The summed E-state index contributed by atoms with van der Waals surface area (Å²) in [5.74, 6) is 2.35.